The monoisotopic (exact) mass is 229 g/mol. The number of nitrogens with one attached hydrogen (secondary N) is 1. The van der Waals surface area contributed by atoms with Crippen LogP contribution in [-0.4, -0.2) is 11.8 Å². The molecule has 0 saturated carbocycles. The van der Waals surface area contributed by atoms with Gasteiger partial charge in [0.15, 0.2) is 0 Å². The van der Waals surface area contributed by atoms with Crippen molar-refractivity contribution in [1.82, 2.24) is 0 Å². The van der Waals surface area contributed by atoms with Gasteiger partial charge in [-0.15, -0.1) is 11.6 Å². The second-order valence-corrected chi connectivity index (χ2v) is 3.68. The molecule has 1 rings (SSSR count). The zero-order chi connectivity index (χ0) is 11.3. The van der Waals surface area contributed by atoms with Gasteiger partial charge in [0.2, 0.25) is 5.91 Å². The maximum atomic E-state index is 13.1. The van der Waals surface area contributed by atoms with Crippen LogP contribution in [0.3, 0.4) is 0 Å². The van der Waals surface area contributed by atoms with E-state index in [0.29, 0.717) is 30.0 Å². The van der Waals surface area contributed by atoms with Gasteiger partial charge in [-0.2, -0.15) is 0 Å². The Hall–Kier alpha value is -1.09. The molecular formula is C11H13ClFNO. The number of halogens is 2. The van der Waals surface area contributed by atoms with E-state index in [-0.39, 0.29) is 11.7 Å². The third kappa shape index (κ3) is 3.88. The Kier molecular flexibility index (Phi) is 4.56. The second kappa shape index (κ2) is 5.71. The predicted octanol–water partition coefficient (Wildman–Crippen LogP) is 3.09. The number of alkyl halides is 1. The van der Waals surface area contributed by atoms with Crippen molar-refractivity contribution in [1.29, 1.82) is 0 Å². The number of hydrogen-bond donors (Lipinski definition) is 1. The van der Waals surface area contributed by atoms with Crippen molar-refractivity contribution in [2.45, 2.75) is 19.8 Å². The topological polar surface area (TPSA) is 29.1 Å². The number of amides is 1. The molecule has 1 aromatic carbocycles. The molecule has 0 fully saturated rings. The van der Waals surface area contributed by atoms with Crippen LogP contribution >= 0.6 is 11.6 Å². The first kappa shape index (κ1) is 12.0. The van der Waals surface area contributed by atoms with E-state index >= 15 is 0 Å². The summed E-state index contributed by atoms with van der Waals surface area (Å²) in [7, 11) is 0. The first-order chi connectivity index (χ1) is 7.13. The average Bonchev–Trinajstić information content (AvgIpc) is 2.20. The molecule has 0 atom stereocenters. The van der Waals surface area contributed by atoms with Gasteiger partial charge in [0, 0.05) is 18.0 Å². The highest BCUT2D eigenvalue weighted by atomic mass is 35.5. The minimum Gasteiger partial charge on any atom is -0.326 e. The van der Waals surface area contributed by atoms with Crippen LogP contribution in [0.4, 0.5) is 10.1 Å². The van der Waals surface area contributed by atoms with Gasteiger partial charge in [-0.25, -0.2) is 4.39 Å². The van der Waals surface area contributed by atoms with Gasteiger partial charge in [0.25, 0.3) is 0 Å². The Labute approximate surface area is 93.4 Å². The maximum Gasteiger partial charge on any atom is 0.224 e. The fourth-order valence-corrected chi connectivity index (χ4v) is 1.26. The van der Waals surface area contributed by atoms with Gasteiger partial charge in [0.1, 0.15) is 5.82 Å². The lowest BCUT2D eigenvalue weighted by Gasteiger charge is -2.05. The Morgan fingerprint density at radius 3 is 2.87 bits per heavy atom. The standard InChI is InChI=1S/C11H13ClFNO/c1-8-4-5-9(7-10(8)13)14-11(15)3-2-6-12/h4-5,7H,2-3,6H2,1H3,(H,14,15). The molecular weight excluding hydrogens is 217 g/mol. The number of anilines is 1. The van der Waals surface area contributed by atoms with E-state index in [0.717, 1.165) is 0 Å². The number of carbonyl (C=O) groups is 1. The summed E-state index contributed by atoms with van der Waals surface area (Å²) in [6.45, 7) is 1.68. The Morgan fingerprint density at radius 2 is 2.27 bits per heavy atom. The summed E-state index contributed by atoms with van der Waals surface area (Å²) in [6, 6.07) is 4.62. The summed E-state index contributed by atoms with van der Waals surface area (Å²) in [5.41, 5.74) is 1.05. The molecule has 2 nitrogen and oxygen atoms in total. The van der Waals surface area contributed by atoms with Crippen LogP contribution in [0.5, 0.6) is 0 Å². The van der Waals surface area contributed by atoms with Crippen molar-refractivity contribution in [3.05, 3.63) is 29.6 Å². The Bertz CT molecular complexity index is 354. The van der Waals surface area contributed by atoms with Crippen molar-refractivity contribution in [2.24, 2.45) is 0 Å². The third-order valence-electron chi connectivity index (χ3n) is 1.99. The van der Waals surface area contributed by atoms with E-state index in [1.54, 1.807) is 19.1 Å². The molecule has 1 amide bonds. The SMILES string of the molecule is Cc1ccc(NC(=O)CCCCl)cc1F. The molecule has 0 unspecified atom stereocenters. The molecule has 1 aromatic rings. The lowest BCUT2D eigenvalue weighted by Crippen LogP contribution is -2.11. The number of hydrogen-bond acceptors (Lipinski definition) is 1. The molecule has 0 heterocycles. The molecule has 0 aromatic heterocycles. The lowest BCUT2D eigenvalue weighted by molar-refractivity contribution is -0.116. The quantitative estimate of drug-likeness (QED) is 0.790. The molecule has 4 heteroatoms. The highest BCUT2D eigenvalue weighted by Crippen LogP contribution is 2.13. The van der Waals surface area contributed by atoms with Gasteiger partial charge in [-0.05, 0) is 31.0 Å². The molecule has 0 aliphatic rings. The van der Waals surface area contributed by atoms with E-state index < -0.39 is 0 Å². The van der Waals surface area contributed by atoms with Crippen molar-refractivity contribution < 1.29 is 9.18 Å². The van der Waals surface area contributed by atoms with E-state index in [2.05, 4.69) is 5.32 Å². The molecule has 0 bridgehead atoms. The molecule has 0 radical (unpaired) electrons. The minimum atomic E-state index is -0.315. The van der Waals surface area contributed by atoms with Crippen molar-refractivity contribution in [2.75, 3.05) is 11.2 Å². The molecule has 0 saturated heterocycles. The molecule has 0 aliphatic heterocycles. The second-order valence-electron chi connectivity index (χ2n) is 3.30. The van der Waals surface area contributed by atoms with E-state index in [9.17, 15) is 9.18 Å². The van der Waals surface area contributed by atoms with Gasteiger partial charge in [-0.3, -0.25) is 4.79 Å². The summed E-state index contributed by atoms with van der Waals surface area (Å²) in [5.74, 6) is -0.000540. The van der Waals surface area contributed by atoms with Crippen molar-refractivity contribution >= 4 is 23.2 Å². The summed E-state index contributed by atoms with van der Waals surface area (Å²) < 4.78 is 13.1. The van der Waals surface area contributed by atoms with Crippen LogP contribution in [0.15, 0.2) is 18.2 Å². The van der Waals surface area contributed by atoms with Crippen molar-refractivity contribution in [3.8, 4) is 0 Å². The maximum absolute atomic E-state index is 13.1. The summed E-state index contributed by atoms with van der Waals surface area (Å²) in [5, 5.41) is 2.61. The number of aryl methyl sites for hydroxylation is 1. The summed E-state index contributed by atoms with van der Waals surface area (Å²) in [4.78, 5) is 11.3. The minimum absolute atomic E-state index is 0.140. The number of rotatable bonds is 4. The van der Waals surface area contributed by atoms with Crippen LogP contribution in [0.1, 0.15) is 18.4 Å². The van der Waals surface area contributed by atoms with Crippen molar-refractivity contribution in [3.63, 3.8) is 0 Å². The largest absolute Gasteiger partial charge is 0.326 e. The molecule has 1 N–H and O–H groups in total. The molecule has 15 heavy (non-hydrogen) atoms. The molecule has 0 spiro atoms. The number of carbonyl (C=O) groups excluding carboxylic acids is 1. The fraction of sp³-hybridized carbons (Fsp3) is 0.364. The first-order valence-corrected chi connectivity index (χ1v) is 5.29. The predicted molar refractivity (Wildman–Crippen MR) is 59.7 cm³/mol. The zero-order valence-electron chi connectivity index (χ0n) is 8.52. The van der Waals surface area contributed by atoms with Gasteiger partial charge in [-0.1, -0.05) is 6.07 Å². The summed E-state index contributed by atoms with van der Waals surface area (Å²) in [6.07, 6.45) is 0.987. The highest BCUT2D eigenvalue weighted by molar-refractivity contribution is 6.18. The van der Waals surface area contributed by atoms with E-state index in [1.807, 2.05) is 0 Å². The van der Waals surface area contributed by atoms with Gasteiger partial charge in [0.05, 0.1) is 0 Å². The average molecular weight is 230 g/mol. The first-order valence-electron chi connectivity index (χ1n) is 4.75. The Morgan fingerprint density at radius 1 is 1.53 bits per heavy atom. The highest BCUT2D eigenvalue weighted by Gasteiger charge is 2.03. The van der Waals surface area contributed by atoms with Gasteiger partial charge < -0.3 is 5.32 Å². The van der Waals surface area contributed by atoms with Crippen LogP contribution in [-0.2, 0) is 4.79 Å². The van der Waals surface area contributed by atoms with E-state index in [1.165, 1.54) is 6.07 Å². The number of benzene rings is 1. The van der Waals surface area contributed by atoms with Crippen LogP contribution in [0, 0.1) is 12.7 Å². The van der Waals surface area contributed by atoms with Crippen LogP contribution in [0.25, 0.3) is 0 Å². The van der Waals surface area contributed by atoms with Crippen LogP contribution in [0.2, 0.25) is 0 Å². The molecule has 82 valence electrons. The zero-order valence-corrected chi connectivity index (χ0v) is 9.27. The molecule has 0 aliphatic carbocycles. The lowest BCUT2D eigenvalue weighted by atomic mass is 10.2. The normalized spacial score (nSPS) is 10.1. The fourth-order valence-electron chi connectivity index (χ4n) is 1.12. The summed E-state index contributed by atoms with van der Waals surface area (Å²) >= 11 is 5.45. The van der Waals surface area contributed by atoms with Gasteiger partial charge >= 0.3 is 0 Å². The van der Waals surface area contributed by atoms with E-state index in [4.69, 9.17) is 11.6 Å². The smallest absolute Gasteiger partial charge is 0.224 e. The Balaban J connectivity index is 2.57. The van der Waals surface area contributed by atoms with Crippen LogP contribution < -0.4 is 5.32 Å². The third-order valence-corrected chi connectivity index (χ3v) is 2.26.